The quantitative estimate of drug-likeness (QED) is 0.893. The Labute approximate surface area is 129 Å². The molecule has 2 rings (SSSR count). The maximum Gasteiger partial charge on any atom is 0.254 e. The SMILES string of the molecule is Cc1ccc(Br)cc1C(=O)N1CCCCC1CN.Cl. The highest BCUT2D eigenvalue weighted by Gasteiger charge is 2.27. The molecule has 0 radical (unpaired) electrons. The third kappa shape index (κ3) is 3.71. The van der Waals surface area contributed by atoms with Crippen LogP contribution in [0.4, 0.5) is 0 Å². The Kier molecular flexibility index (Phi) is 6.30. The van der Waals surface area contributed by atoms with E-state index in [1.54, 1.807) is 0 Å². The lowest BCUT2D eigenvalue weighted by Gasteiger charge is -2.35. The molecule has 1 saturated heterocycles. The Morgan fingerprint density at radius 2 is 2.21 bits per heavy atom. The zero-order valence-electron chi connectivity index (χ0n) is 11.1. The molecule has 2 N–H and O–H groups in total. The first-order valence-electron chi connectivity index (χ1n) is 6.40. The number of carbonyl (C=O) groups excluding carboxylic acids is 1. The molecule has 5 heteroatoms. The van der Waals surface area contributed by atoms with Gasteiger partial charge in [0.1, 0.15) is 0 Å². The molecule has 1 fully saturated rings. The topological polar surface area (TPSA) is 46.3 Å². The van der Waals surface area contributed by atoms with Crippen LogP contribution in [-0.2, 0) is 0 Å². The van der Waals surface area contributed by atoms with Crippen LogP contribution in [0.5, 0.6) is 0 Å². The van der Waals surface area contributed by atoms with Crippen LogP contribution < -0.4 is 5.73 Å². The van der Waals surface area contributed by atoms with E-state index in [1.807, 2.05) is 30.0 Å². The van der Waals surface area contributed by atoms with Crippen molar-refractivity contribution in [1.29, 1.82) is 0 Å². The van der Waals surface area contributed by atoms with Gasteiger partial charge in [0.05, 0.1) is 0 Å². The summed E-state index contributed by atoms with van der Waals surface area (Å²) in [4.78, 5) is 14.5. The molecule has 106 valence electrons. The summed E-state index contributed by atoms with van der Waals surface area (Å²) in [5.41, 5.74) is 7.57. The van der Waals surface area contributed by atoms with E-state index < -0.39 is 0 Å². The summed E-state index contributed by atoms with van der Waals surface area (Å²) < 4.78 is 0.942. The summed E-state index contributed by atoms with van der Waals surface area (Å²) in [6.07, 6.45) is 3.27. The van der Waals surface area contributed by atoms with Crippen LogP contribution in [0.25, 0.3) is 0 Å². The summed E-state index contributed by atoms with van der Waals surface area (Å²) in [6.45, 7) is 3.35. The van der Waals surface area contributed by atoms with Gasteiger partial charge in [-0.25, -0.2) is 0 Å². The van der Waals surface area contributed by atoms with Crippen LogP contribution in [0.15, 0.2) is 22.7 Å². The van der Waals surface area contributed by atoms with E-state index in [-0.39, 0.29) is 24.4 Å². The van der Waals surface area contributed by atoms with Crippen LogP contribution >= 0.6 is 28.3 Å². The number of benzene rings is 1. The minimum absolute atomic E-state index is 0. The largest absolute Gasteiger partial charge is 0.334 e. The van der Waals surface area contributed by atoms with Gasteiger partial charge in [0.2, 0.25) is 0 Å². The Bertz CT molecular complexity index is 453. The molecule has 1 aliphatic rings. The van der Waals surface area contributed by atoms with E-state index >= 15 is 0 Å². The van der Waals surface area contributed by atoms with Crippen molar-refractivity contribution < 1.29 is 4.79 Å². The number of halogens is 2. The molecule has 1 aromatic rings. The van der Waals surface area contributed by atoms with Crippen molar-refractivity contribution in [3.63, 3.8) is 0 Å². The lowest BCUT2D eigenvalue weighted by Crippen LogP contribution is -2.47. The molecule has 0 saturated carbocycles. The summed E-state index contributed by atoms with van der Waals surface area (Å²) in [5.74, 6) is 0.115. The maximum absolute atomic E-state index is 12.6. The van der Waals surface area contributed by atoms with Crippen molar-refractivity contribution in [2.75, 3.05) is 13.1 Å². The Morgan fingerprint density at radius 1 is 1.47 bits per heavy atom. The fraction of sp³-hybridized carbons (Fsp3) is 0.500. The number of rotatable bonds is 2. The normalized spacial score (nSPS) is 18.9. The number of piperidine rings is 1. The van der Waals surface area contributed by atoms with E-state index in [1.165, 1.54) is 6.42 Å². The molecule has 0 aliphatic carbocycles. The first-order chi connectivity index (χ1) is 8.63. The van der Waals surface area contributed by atoms with Crippen molar-refractivity contribution in [3.8, 4) is 0 Å². The number of hydrogen-bond acceptors (Lipinski definition) is 2. The zero-order valence-corrected chi connectivity index (χ0v) is 13.5. The van der Waals surface area contributed by atoms with E-state index in [2.05, 4.69) is 15.9 Å². The number of hydrogen-bond donors (Lipinski definition) is 1. The van der Waals surface area contributed by atoms with E-state index in [4.69, 9.17) is 5.73 Å². The summed E-state index contributed by atoms with van der Waals surface area (Å²) in [7, 11) is 0. The fourth-order valence-electron chi connectivity index (χ4n) is 2.49. The van der Waals surface area contributed by atoms with Crippen LogP contribution in [0, 0.1) is 6.92 Å². The number of nitrogens with two attached hydrogens (primary N) is 1. The molecule has 0 aromatic heterocycles. The number of likely N-dealkylation sites (tertiary alicyclic amines) is 1. The van der Waals surface area contributed by atoms with Crippen molar-refractivity contribution in [3.05, 3.63) is 33.8 Å². The highest BCUT2D eigenvalue weighted by atomic mass is 79.9. The minimum Gasteiger partial charge on any atom is -0.334 e. The van der Waals surface area contributed by atoms with Gasteiger partial charge in [0.25, 0.3) is 5.91 Å². The molecule has 1 unspecified atom stereocenters. The predicted molar refractivity (Wildman–Crippen MR) is 83.9 cm³/mol. The molecule has 19 heavy (non-hydrogen) atoms. The summed E-state index contributed by atoms with van der Waals surface area (Å²) in [6, 6.07) is 6.03. The minimum atomic E-state index is 0. The number of amides is 1. The van der Waals surface area contributed by atoms with Crippen LogP contribution in [0.3, 0.4) is 0 Å². The second-order valence-corrected chi connectivity index (χ2v) is 5.76. The zero-order chi connectivity index (χ0) is 13.1. The summed E-state index contributed by atoms with van der Waals surface area (Å²) in [5, 5.41) is 0. The second kappa shape index (κ2) is 7.27. The van der Waals surface area contributed by atoms with Gasteiger partial charge < -0.3 is 10.6 Å². The molecule has 1 atom stereocenters. The van der Waals surface area contributed by atoms with E-state index in [0.717, 1.165) is 35.0 Å². The average molecular weight is 348 g/mol. The van der Waals surface area contributed by atoms with Crippen molar-refractivity contribution in [2.45, 2.75) is 32.2 Å². The molecule has 0 bridgehead atoms. The monoisotopic (exact) mass is 346 g/mol. The smallest absolute Gasteiger partial charge is 0.254 e. The van der Waals surface area contributed by atoms with E-state index in [0.29, 0.717) is 6.54 Å². The lowest BCUT2D eigenvalue weighted by molar-refractivity contribution is 0.0622. The van der Waals surface area contributed by atoms with Crippen LogP contribution in [0.1, 0.15) is 35.2 Å². The Hall–Kier alpha value is -0.580. The van der Waals surface area contributed by atoms with Gasteiger partial charge in [-0.1, -0.05) is 22.0 Å². The third-order valence-electron chi connectivity index (χ3n) is 3.59. The van der Waals surface area contributed by atoms with Crippen molar-refractivity contribution >= 4 is 34.2 Å². The first kappa shape index (κ1) is 16.5. The van der Waals surface area contributed by atoms with Crippen molar-refractivity contribution in [2.24, 2.45) is 5.73 Å². The predicted octanol–water partition coefficient (Wildman–Crippen LogP) is 3.13. The molecule has 3 nitrogen and oxygen atoms in total. The summed E-state index contributed by atoms with van der Waals surface area (Å²) >= 11 is 3.43. The molecule has 0 spiro atoms. The van der Waals surface area contributed by atoms with Gasteiger partial charge in [0, 0.05) is 29.2 Å². The van der Waals surface area contributed by atoms with Crippen LogP contribution in [0.2, 0.25) is 0 Å². The average Bonchev–Trinajstić information content (AvgIpc) is 2.40. The lowest BCUT2D eigenvalue weighted by atomic mass is 9.99. The Morgan fingerprint density at radius 3 is 2.89 bits per heavy atom. The Balaban J connectivity index is 0.00000180. The number of nitrogens with zero attached hydrogens (tertiary/aromatic N) is 1. The fourth-order valence-corrected chi connectivity index (χ4v) is 2.85. The first-order valence-corrected chi connectivity index (χ1v) is 7.20. The van der Waals surface area contributed by atoms with Gasteiger partial charge in [-0.3, -0.25) is 4.79 Å². The maximum atomic E-state index is 12.6. The van der Waals surface area contributed by atoms with E-state index in [9.17, 15) is 4.79 Å². The molecule has 1 heterocycles. The van der Waals surface area contributed by atoms with Crippen LogP contribution in [-0.4, -0.2) is 29.9 Å². The standard InChI is InChI=1S/C14H19BrN2O.ClH/c1-10-5-6-11(15)8-13(10)14(18)17-7-3-2-4-12(17)9-16;/h5-6,8,12H,2-4,7,9,16H2,1H3;1H. The highest BCUT2D eigenvalue weighted by molar-refractivity contribution is 9.10. The third-order valence-corrected chi connectivity index (χ3v) is 4.08. The second-order valence-electron chi connectivity index (χ2n) is 4.84. The number of aryl methyl sites for hydroxylation is 1. The molecular formula is C14H20BrClN2O. The van der Waals surface area contributed by atoms with Gasteiger partial charge in [-0.05, 0) is 43.9 Å². The molecule has 1 amide bonds. The molecule has 1 aliphatic heterocycles. The van der Waals surface area contributed by atoms with Gasteiger partial charge >= 0.3 is 0 Å². The van der Waals surface area contributed by atoms with Crippen molar-refractivity contribution in [1.82, 2.24) is 4.90 Å². The van der Waals surface area contributed by atoms with Gasteiger partial charge in [-0.15, -0.1) is 12.4 Å². The van der Waals surface area contributed by atoms with Gasteiger partial charge in [0.15, 0.2) is 0 Å². The van der Waals surface area contributed by atoms with Gasteiger partial charge in [-0.2, -0.15) is 0 Å². The highest BCUT2D eigenvalue weighted by Crippen LogP contribution is 2.22. The molecular weight excluding hydrogens is 328 g/mol. The number of carbonyl (C=O) groups is 1. The molecule has 1 aromatic carbocycles.